The predicted molar refractivity (Wildman–Crippen MR) is 76.7 cm³/mol. The topological polar surface area (TPSA) is 55.1 Å². The minimum Gasteiger partial charge on any atom is -0.365 e. The van der Waals surface area contributed by atoms with Gasteiger partial charge in [-0.1, -0.05) is 0 Å². The second-order valence-corrected chi connectivity index (χ2v) is 7.25. The van der Waals surface area contributed by atoms with Crippen LogP contribution in [-0.4, -0.2) is 18.5 Å². The minimum atomic E-state index is -0.235. The molecule has 0 aliphatic heterocycles. The molecule has 0 bridgehead atoms. The lowest BCUT2D eigenvalue weighted by molar-refractivity contribution is 0.100. The lowest BCUT2D eigenvalue weighted by Gasteiger charge is -2.05. The lowest BCUT2D eigenvalue weighted by Crippen LogP contribution is -2.20. The van der Waals surface area contributed by atoms with Crippen LogP contribution in [0.3, 0.4) is 0 Å². The van der Waals surface area contributed by atoms with E-state index in [0.29, 0.717) is 17.9 Å². The van der Waals surface area contributed by atoms with Crippen molar-refractivity contribution in [3.8, 4) is 0 Å². The molecule has 19 heavy (non-hydrogen) atoms. The van der Waals surface area contributed by atoms with Crippen molar-refractivity contribution in [2.75, 3.05) is 6.54 Å². The van der Waals surface area contributed by atoms with E-state index in [-0.39, 0.29) is 5.91 Å². The number of nitrogens with one attached hydrogen (secondary N) is 1. The van der Waals surface area contributed by atoms with Gasteiger partial charge in [-0.2, -0.15) is 0 Å². The summed E-state index contributed by atoms with van der Waals surface area (Å²) in [6.07, 6.45) is 6.51. The van der Waals surface area contributed by atoms with E-state index in [1.54, 1.807) is 11.3 Å². The largest absolute Gasteiger partial charge is 0.365 e. The van der Waals surface area contributed by atoms with Gasteiger partial charge in [-0.3, -0.25) is 4.79 Å². The van der Waals surface area contributed by atoms with Crippen LogP contribution >= 0.6 is 11.3 Å². The molecule has 3 N–H and O–H groups in total. The Bertz CT molecular complexity index is 516. The Labute approximate surface area is 117 Å². The van der Waals surface area contributed by atoms with Crippen LogP contribution in [0.15, 0.2) is 5.38 Å². The summed E-state index contributed by atoms with van der Waals surface area (Å²) in [7, 11) is 0. The maximum absolute atomic E-state index is 11.5. The third kappa shape index (κ3) is 2.32. The van der Waals surface area contributed by atoms with Gasteiger partial charge in [0.1, 0.15) is 0 Å². The highest BCUT2D eigenvalue weighted by Crippen LogP contribution is 2.52. The normalized spacial score (nSPS) is 29.5. The van der Waals surface area contributed by atoms with Crippen LogP contribution in [0.25, 0.3) is 0 Å². The molecule has 3 nitrogen and oxygen atoms in total. The Balaban J connectivity index is 1.50. The van der Waals surface area contributed by atoms with Crippen LogP contribution in [0.1, 0.15) is 64.7 Å². The first-order chi connectivity index (χ1) is 9.24. The molecule has 2 unspecified atom stereocenters. The molecule has 4 heteroatoms. The third-order valence-electron chi connectivity index (χ3n) is 4.62. The highest BCUT2D eigenvalue weighted by molar-refractivity contribution is 7.12. The van der Waals surface area contributed by atoms with Crippen LogP contribution < -0.4 is 11.1 Å². The van der Waals surface area contributed by atoms with E-state index in [9.17, 15) is 4.79 Å². The Morgan fingerprint density at radius 1 is 1.37 bits per heavy atom. The predicted octanol–water partition coefficient (Wildman–Crippen LogP) is 2.58. The Morgan fingerprint density at radius 3 is 2.79 bits per heavy atom. The van der Waals surface area contributed by atoms with Crippen molar-refractivity contribution >= 4 is 17.2 Å². The van der Waals surface area contributed by atoms with E-state index in [1.165, 1.54) is 49.8 Å². The van der Waals surface area contributed by atoms with Crippen molar-refractivity contribution in [3.63, 3.8) is 0 Å². The maximum Gasteiger partial charge on any atom is 0.259 e. The summed E-state index contributed by atoms with van der Waals surface area (Å²) in [5.74, 6) is 1.96. The maximum atomic E-state index is 11.5. The zero-order valence-corrected chi connectivity index (χ0v) is 11.8. The number of carbonyl (C=O) groups is 1. The molecule has 3 aliphatic carbocycles. The van der Waals surface area contributed by atoms with Crippen molar-refractivity contribution in [3.05, 3.63) is 21.4 Å². The molecule has 2 atom stereocenters. The number of thiophene rings is 1. The zero-order valence-electron chi connectivity index (χ0n) is 11.0. The summed E-state index contributed by atoms with van der Waals surface area (Å²) >= 11 is 1.56. The van der Waals surface area contributed by atoms with Crippen LogP contribution in [0.2, 0.25) is 0 Å². The van der Waals surface area contributed by atoms with E-state index in [1.807, 2.05) is 0 Å². The first-order valence-corrected chi connectivity index (χ1v) is 8.26. The molecule has 3 saturated carbocycles. The second-order valence-electron chi connectivity index (χ2n) is 6.37. The van der Waals surface area contributed by atoms with Gasteiger partial charge in [0, 0.05) is 12.0 Å². The first-order valence-electron chi connectivity index (χ1n) is 7.38. The smallest absolute Gasteiger partial charge is 0.259 e. The fourth-order valence-electron chi connectivity index (χ4n) is 3.06. The first kappa shape index (κ1) is 11.9. The SMILES string of the molecule is NC(=O)c1scc(C2CC2NCC2CC2)c1C1CC1. The van der Waals surface area contributed by atoms with E-state index >= 15 is 0 Å². The molecule has 3 aliphatic rings. The van der Waals surface area contributed by atoms with Gasteiger partial charge >= 0.3 is 0 Å². The Kier molecular flexibility index (Phi) is 2.71. The second kappa shape index (κ2) is 4.32. The third-order valence-corrected chi connectivity index (χ3v) is 5.65. The Morgan fingerprint density at radius 2 is 2.16 bits per heavy atom. The molecule has 3 fully saturated rings. The number of nitrogens with two attached hydrogens (primary N) is 1. The molecular weight excluding hydrogens is 256 g/mol. The van der Waals surface area contributed by atoms with Gasteiger partial charge in [0.15, 0.2) is 0 Å². The van der Waals surface area contributed by atoms with Crippen LogP contribution in [0.4, 0.5) is 0 Å². The van der Waals surface area contributed by atoms with Gasteiger partial charge in [0.2, 0.25) is 0 Å². The number of primary amides is 1. The Hall–Kier alpha value is -0.870. The average molecular weight is 276 g/mol. The van der Waals surface area contributed by atoms with Crippen molar-refractivity contribution in [2.45, 2.75) is 50.0 Å². The number of amides is 1. The number of hydrogen-bond acceptors (Lipinski definition) is 3. The molecule has 0 radical (unpaired) electrons. The fraction of sp³-hybridized carbons (Fsp3) is 0.667. The molecule has 1 heterocycles. The number of hydrogen-bond donors (Lipinski definition) is 2. The van der Waals surface area contributed by atoms with Gasteiger partial charge in [0.05, 0.1) is 4.88 Å². The van der Waals surface area contributed by atoms with Crippen molar-refractivity contribution in [2.24, 2.45) is 11.7 Å². The molecular formula is C15H20N2OS. The zero-order chi connectivity index (χ0) is 13.0. The molecule has 1 aromatic heterocycles. The summed E-state index contributed by atoms with van der Waals surface area (Å²) in [6.45, 7) is 1.19. The summed E-state index contributed by atoms with van der Waals surface area (Å²) in [5.41, 5.74) is 8.24. The molecule has 0 aromatic carbocycles. The van der Waals surface area contributed by atoms with Gasteiger partial charge in [-0.15, -0.1) is 11.3 Å². The fourth-order valence-corrected chi connectivity index (χ4v) is 4.13. The number of rotatable bonds is 6. The van der Waals surface area contributed by atoms with Gasteiger partial charge in [-0.05, 0) is 67.0 Å². The standard InChI is InChI=1S/C15H20N2OS/c16-15(18)14-13(9-3-4-9)11(7-19-14)10-5-12(10)17-6-8-1-2-8/h7-10,12,17H,1-6H2,(H2,16,18). The van der Waals surface area contributed by atoms with Crippen LogP contribution in [0, 0.1) is 5.92 Å². The molecule has 102 valence electrons. The van der Waals surface area contributed by atoms with Crippen molar-refractivity contribution < 1.29 is 4.79 Å². The lowest BCUT2D eigenvalue weighted by atomic mass is 10.0. The molecule has 0 saturated heterocycles. The van der Waals surface area contributed by atoms with Crippen LogP contribution in [-0.2, 0) is 0 Å². The molecule has 1 amide bonds. The summed E-state index contributed by atoms with van der Waals surface area (Å²) in [6, 6.07) is 0.647. The summed E-state index contributed by atoms with van der Waals surface area (Å²) < 4.78 is 0. The monoisotopic (exact) mass is 276 g/mol. The molecule has 0 spiro atoms. The molecule has 1 aromatic rings. The van der Waals surface area contributed by atoms with E-state index < -0.39 is 0 Å². The highest BCUT2D eigenvalue weighted by atomic mass is 32.1. The van der Waals surface area contributed by atoms with E-state index in [0.717, 1.165) is 10.8 Å². The van der Waals surface area contributed by atoms with Gasteiger partial charge in [-0.25, -0.2) is 0 Å². The molecule has 4 rings (SSSR count). The summed E-state index contributed by atoms with van der Waals surface area (Å²) in [4.78, 5) is 12.4. The minimum absolute atomic E-state index is 0.235. The quantitative estimate of drug-likeness (QED) is 0.839. The average Bonchev–Trinajstić information content (AvgIpc) is 3.23. The number of carbonyl (C=O) groups excluding carboxylic acids is 1. The van der Waals surface area contributed by atoms with E-state index in [4.69, 9.17) is 5.73 Å². The van der Waals surface area contributed by atoms with Gasteiger partial charge < -0.3 is 11.1 Å². The van der Waals surface area contributed by atoms with Gasteiger partial charge in [0.25, 0.3) is 5.91 Å². The van der Waals surface area contributed by atoms with E-state index in [2.05, 4.69) is 10.7 Å². The van der Waals surface area contributed by atoms with Crippen molar-refractivity contribution in [1.29, 1.82) is 0 Å². The highest BCUT2D eigenvalue weighted by Gasteiger charge is 2.43. The van der Waals surface area contributed by atoms with Crippen molar-refractivity contribution in [1.82, 2.24) is 5.32 Å². The summed E-state index contributed by atoms with van der Waals surface area (Å²) in [5, 5.41) is 5.87. The van der Waals surface area contributed by atoms with Crippen LogP contribution in [0.5, 0.6) is 0 Å².